The molecule has 3 nitrogen and oxygen atoms in total. The van der Waals surface area contributed by atoms with E-state index < -0.39 is 0 Å². The largest absolute Gasteiger partial charge is 0.378 e. The Bertz CT molecular complexity index is 472. The third-order valence-electron chi connectivity index (χ3n) is 4.80. The fourth-order valence-corrected chi connectivity index (χ4v) is 3.65. The summed E-state index contributed by atoms with van der Waals surface area (Å²) in [5.41, 5.74) is 1.28. The van der Waals surface area contributed by atoms with Crippen LogP contribution in [0, 0.1) is 0 Å². The molecule has 2 aliphatic heterocycles. The van der Waals surface area contributed by atoms with E-state index in [1.165, 1.54) is 31.5 Å². The molecule has 1 aromatic rings. The van der Waals surface area contributed by atoms with Crippen LogP contribution in [-0.4, -0.2) is 61.3 Å². The van der Waals surface area contributed by atoms with Gasteiger partial charge in [0.2, 0.25) is 0 Å². The summed E-state index contributed by atoms with van der Waals surface area (Å²) >= 11 is 0. The van der Waals surface area contributed by atoms with E-state index in [2.05, 4.69) is 59.2 Å². The molecule has 2 saturated heterocycles. The highest BCUT2D eigenvalue weighted by atomic mass is 16.5. The molecule has 3 rings (SSSR count). The van der Waals surface area contributed by atoms with Crippen LogP contribution in [0.15, 0.2) is 36.4 Å². The average Bonchev–Trinajstić information content (AvgIpc) is 2.56. The minimum atomic E-state index is 0.587. The highest BCUT2D eigenvalue weighted by Gasteiger charge is 2.34. The van der Waals surface area contributed by atoms with E-state index in [1.54, 1.807) is 0 Å². The van der Waals surface area contributed by atoms with Gasteiger partial charge in [-0.15, -0.1) is 0 Å². The Morgan fingerprint density at radius 2 is 2.05 bits per heavy atom. The Balaban J connectivity index is 1.50. The first-order valence-corrected chi connectivity index (χ1v) is 8.64. The first-order valence-electron chi connectivity index (χ1n) is 8.64. The number of ether oxygens (including phenoxy) is 1. The molecule has 0 spiro atoms. The molecule has 2 fully saturated rings. The van der Waals surface area contributed by atoms with E-state index in [0.29, 0.717) is 12.1 Å². The summed E-state index contributed by atoms with van der Waals surface area (Å²) in [4.78, 5) is 5.25. The predicted octanol–water partition coefficient (Wildman–Crippen LogP) is 2.88. The maximum absolute atomic E-state index is 5.84. The minimum absolute atomic E-state index is 0.587. The number of hydrogen-bond donors (Lipinski definition) is 0. The second-order valence-electron chi connectivity index (χ2n) is 6.44. The van der Waals surface area contributed by atoms with Crippen LogP contribution in [0.2, 0.25) is 0 Å². The van der Waals surface area contributed by atoms with Crippen LogP contribution in [0.4, 0.5) is 0 Å². The summed E-state index contributed by atoms with van der Waals surface area (Å²) in [6.07, 6.45) is 7.03. The average molecular weight is 300 g/mol. The number of fused-ring (bicyclic) bond motifs is 1. The van der Waals surface area contributed by atoms with Crippen molar-refractivity contribution in [2.24, 2.45) is 0 Å². The number of rotatable bonds is 5. The van der Waals surface area contributed by atoms with Crippen LogP contribution in [-0.2, 0) is 4.74 Å². The van der Waals surface area contributed by atoms with Crippen LogP contribution in [0.3, 0.4) is 0 Å². The lowest BCUT2D eigenvalue weighted by Crippen LogP contribution is -2.61. The molecule has 0 unspecified atom stereocenters. The number of benzene rings is 1. The van der Waals surface area contributed by atoms with Crippen molar-refractivity contribution >= 4 is 6.08 Å². The summed E-state index contributed by atoms with van der Waals surface area (Å²) in [6.45, 7) is 8.65. The molecule has 2 heterocycles. The Labute approximate surface area is 134 Å². The Morgan fingerprint density at radius 1 is 1.18 bits per heavy atom. The summed E-state index contributed by atoms with van der Waals surface area (Å²) in [6, 6.07) is 11.8. The first-order chi connectivity index (χ1) is 10.9. The van der Waals surface area contributed by atoms with Gasteiger partial charge in [0, 0.05) is 38.3 Å². The summed E-state index contributed by atoms with van der Waals surface area (Å²) in [5, 5.41) is 0. The van der Waals surface area contributed by atoms with Crippen molar-refractivity contribution in [1.29, 1.82) is 0 Å². The standard InChI is InChI=1S/C19H28N2O/c1-2-7-18-15-22-16-19-14-20(12-13-21(18)19)11-6-10-17-8-4-3-5-9-17/h3-6,8-10,18-19H,2,7,11-16H2,1H3/b10-6+/t18-,19+/m0/s1. The number of morpholine rings is 1. The molecule has 2 aliphatic rings. The van der Waals surface area contributed by atoms with Crippen molar-refractivity contribution in [2.75, 3.05) is 39.4 Å². The van der Waals surface area contributed by atoms with Crippen molar-refractivity contribution in [1.82, 2.24) is 9.80 Å². The third kappa shape index (κ3) is 3.97. The molecule has 0 aromatic heterocycles. The van der Waals surface area contributed by atoms with Crippen LogP contribution in [0.25, 0.3) is 6.08 Å². The molecular weight excluding hydrogens is 272 g/mol. The number of nitrogens with zero attached hydrogens (tertiary/aromatic N) is 2. The van der Waals surface area contributed by atoms with Gasteiger partial charge in [-0.05, 0) is 12.0 Å². The fourth-order valence-electron chi connectivity index (χ4n) is 3.65. The lowest BCUT2D eigenvalue weighted by Gasteiger charge is -2.48. The fraction of sp³-hybridized carbons (Fsp3) is 0.579. The van der Waals surface area contributed by atoms with Crippen molar-refractivity contribution < 1.29 is 4.74 Å². The quantitative estimate of drug-likeness (QED) is 0.831. The highest BCUT2D eigenvalue weighted by molar-refractivity contribution is 5.48. The van der Waals surface area contributed by atoms with Crippen molar-refractivity contribution in [2.45, 2.75) is 31.8 Å². The van der Waals surface area contributed by atoms with Gasteiger partial charge in [0.15, 0.2) is 0 Å². The van der Waals surface area contributed by atoms with Crippen LogP contribution >= 0.6 is 0 Å². The van der Waals surface area contributed by atoms with E-state index in [-0.39, 0.29) is 0 Å². The van der Waals surface area contributed by atoms with E-state index in [9.17, 15) is 0 Å². The molecule has 2 atom stereocenters. The highest BCUT2D eigenvalue weighted by Crippen LogP contribution is 2.21. The van der Waals surface area contributed by atoms with Crippen molar-refractivity contribution in [3.05, 3.63) is 42.0 Å². The van der Waals surface area contributed by atoms with Crippen LogP contribution in [0.1, 0.15) is 25.3 Å². The maximum atomic E-state index is 5.84. The topological polar surface area (TPSA) is 15.7 Å². The van der Waals surface area contributed by atoms with Gasteiger partial charge in [0.05, 0.1) is 13.2 Å². The monoisotopic (exact) mass is 300 g/mol. The Morgan fingerprint density at radius 3 is 2.86 bits per heavy atom. The molecule has 0 amide bonds. The van der Waals surface area contributed by atoms with Crippen molar-refractivity contribution in [3.8, 4) is 0 Å². The second kappa shape index (κ2) is 7.91. The number of hydrogen-bond acceptors (Lipinski definition) is 3. The Kier molecular flexibility index (Phi) is 5.65. The van der Waals surface area contributed by atoms with Gasteiger partial charge in [-0.25, -0.2) is 0 Å². The summed E-state index contributed by atoms with van der Waals surface area (Å²) in [5.74, 6) is 0. The zero-order valence-electron chi connectivity index (χ0n) is 13.7. The zero-order valence-corrected chi connectivity index (χ0v) is 13.7. The van der Waals surface area contributed by atoms with E-state index in [4.69, 9.17) is 4.74 Å². The molecule has 22 heavy (non-hydrogen) atoms. The van der Waals surface area contributed by atoms with Gasteiger partial charge in [0.25, 0.3) is 0 Å². The molecule has 120 valence electrons. The lowest BCUT2D eigenvalue weighted by atomic mass is 10.0. The zero-order chi connectivity index (χ0) is 15.2. The summed E-state index contributed by atoms with van der Waals surface area (Å²) < 4.78 is 5.84. The van der Waals surface area contributed by atoms with Gasteiger partial charge in [-0.1, -0.05) is 55.8 Å². The Hall–Kier alpha value is -1.16. The third-order valence-corrected chi connectivity index (χ3v) is 4.80. The van der Waals surface area contributed by atoms with Gasteiger partial charge in [-0.3, -0.25) is 9.80 Å². The predicted molar refractivity (Wildman–Crippen MR) is 91.9 cm³/mol. The molecule has 0 aliphatic carbocycles. The van der Waals surface area contributed by atoms with Gasteiger partial charge in [0.1, 0.15) is 0 Å². The van der Waals surface area contributed by atoms with Crippen LogP contribution < -0.4 is 0 Å². The molecule has 0 bridgehead atoms. The van der Waals surface area contributed by atoms with Gasteiger partial charge in [-0.2, -0.15) is 0 Å². The molecule has 3 heteroatoms. The lowest BCUT2D eigenvalue weighted by molar-refractivity contribution is -0.0811. The molecule has 0 saturated carbocycles. The second-order valence-corrected chi connectivity index (χ2v) is 6.44. The van der Waals surface area contributed by atoms with E-state index in [0.717, 1.165) is 26.3 Å². The number of piperazine rings is 1. The molecule has 0 radical (unpaired) electrons. The van der Waals surface area contributed by atoms with Crippen LogP contribution in [0.5, 0.6) is 0 Å². The SMILES string of the molecule is CCC[C@H]1COC[C@H]2CN(C/C=C/c3ccccc3)CCN12. The first kappa shape index (κ1) is 15.7. The summed E-state index contributed by atoms with van der Waals surface area (Å²) in [7, 11) is 0. The molecule has 1 aromatic carbocycles. The minimum Gasteiger partial charge on any atom is -0.378 e. The normalized spacial score (nSPS) is 27.1. The van der Waals surface area contributed by atoms with E-state index >= 15 is 0 Å². The van der Waals surface area contributed by atoms with Crippen molar-refractivity contribution in [3.63, 3.8) is 0 Å². The molecule has 0 N–H and O–H groups in total. The van der Waals surface area contributed by atoms with E-state index in [1.807, 2.05) is 0 Å². The molecular formula is C19H28N2O. The van der Waals surface area contributed by atoms with Gasteiger partial charge >= 0.3 is 0 Å². The smallest absolute Gasteiger partial charge is 0.0635 e. The van der Waals surface area contributed by atoms with Gasteiger partial charge < -0.3 is 4.74 Å². The maximum Gasteiger partial charge on any atom is 0.0635 e.